The summed E-state index contributed by atoms with van der Waals surface area (Å²) in [6.07, 6.45) is 1.08. The standard InChI is InChI=1S/C15H24N2O/c1-4-18-13-7-5-12(6-8-13)15-14(16)9-10-17(15)11(2)3/h5-8,11,14-15H,4,9-10,16H2,1-3H3. The summed E-state index contributed by atoms with van der Waals surface area (Å²) in [4.78, 5) is 2.49. The van der Waals surface area contributed by atoms with Gasteiger partial charge in [0.2, 0.25) is 0 Å². The minimum Gasteiger partial charge on any atom is -0.494 e. The molecule has 0 radical (unpaired) electrons. The fourth-order valence-electron chi connectivity index (χ4n) is 2.79. The summed E-state index contributed by atoms with van der Waals surface area (Å²) in [5, 5.41) is 0. The highest BCUT2D eigenvalue weighted by molar-refractivity contribution is 5.30. The van der Waals surface area contributed by atoms with Crippen LogP contribution in [-0.4, -0.2) is 30.1 Å². The van der Waals surface area contributed by atoms with Gasteiger partial charge in [0.25, 0.3) is 0 Å². The van der Waals surface area contributed by atoms with E-state index in [1.165, 1.54) is 5.56 Å². The van der Waals surface area contributed by atoms with Gasteiger partial charge in [0.1, 0.15) is 5.75 Å². The van der Waals surface area contributed by atoms with Crippen LogP contribution in [-0.2, 0) is 0 Å². The summed E-state index contributed by atoms with van der Waals surface area (Å²) >= 11 is 0. The van der Waals surface area contributed by atoms with Crippen molar-refractivity contribution in [1.29, 1.82) is 0 Å². The van der Waals surface area contributed by atoms with Gasteiger partial charge in [0.05, 0.1) is 12.6 Å². The molecule has 1 aromatic carbocycles. The number of hydrogen-bond acceptors (Lipinski definition) is 3. The van der Waals surface area contributed by atoms with Crippen molar-refractivity contribution in [3.05, 3.63) is 29.8 Å². The van der Waals surface area contributed by atoms with Crippen LogP contribution in [0.5, 0.6) is 5.75 Å². The molecule has 1 heterocycles. The lowest BCUT2D eigenvalue weighted by Gasteiger charge is -2.30. The van der Waals surface area contributed by atoms with Crippen molar-refractivity contribution in [3.63, 3.8) is 0 Å². The number of hydrogen-bond donors (Lipinski definition) is 1. The van der Waals surface area contributed by atoms with Crippen LogP contribution in [0.3, 0.4) is 0 Å². The Morgan fingerprint density at radius 2 is 2.00 bits per heavy atom. The van der Waals surface area contributed by atoms with Gasteiger partial charge in [-0.25, -0.2) is 0 Å². The zero-order valence-corrected chi connectivity index (χ0v) is 11.6. The Balaban J connectivity index is 2.18. The maximum absolute atomic E-state index is 6.26. The lowest BCUT2D eigenvalue weighted by atomic mass is 10.00. The molecule has 0 aliphatic carbocycles. The molecule has 1 aliphatic rings. The van der Waals surface area contributed by atoms with Crippen LogP contribution >= 0.6 is 0 Å². The molecule has 2 atom stereocenters. The van der Waals surface area contributed by atoms with Gasteiger partial charge in [-0.15, -0.1) is 0 Å². The molecule has 0 saturated carbocycles. The van der Waals surface area contributed by atoms with Crippen molar-refractivity contribution in [2.24, 2.45) is 5.73 Å². The van der Waals surface area contributed by atoms with E-state index in [0.717, 1.165) is 18.7 Å². The van der Waals surface area contributed by atoms with Gasteiger partial charge < -0.3 is 10.5 Å². The smallest absolute Gasteiger partial charge is 0.119 e. The third-order valence-electron chi connectivity index (χ3n) is 3.68. The first-order chi connectivity index (χ1) is 8.63. The summed E-state index contributed by atoms with van der Waals surface area (Å²) in [5.41, 5.74) is 7.57. The van der Waals surface area contributed by atoms with Crippen LogP contribution in [0.25, 0.3) is 0 Å². The quantitative estimate of drug-likeness (QED) is 0.890. The lowest BCUT2D eigenvalue weighted by Crippen LogP contribution is -2.35. The molecule has 0 amide bonds. The molecule has 18 heavy (non-hydrogen) atoms. The lowest BCUT2D eigenvalue weighted by molar-refractivity contribution is 0.198. The molecular formula is C15H24N2O. The van der Waals surface area contributed by atoms with E-state index in [-0.39, 0.29) is 6.04 Å². The van der Waals surface area contributed by atoms with Crippen molar-refractivity contribution in [2.75, 3.05) is 13.2 Å². The van der Waals surface area contributed by atoms with Gasteiger partial charge in [-0.05, 0) is 44.9 Å². The van der Waals surface area contributed by atoms with Gasteiger partial charge >= 0.3 is 0 Å². The predicted molar refractivity (Wildman–Crippen MR) is 74.8 cm³/mol. The minimum absolute atomic E-state index is 0.241. The van der Waals surface area contributed by atoms with Crippen molar-refractivity contribution in [2.45, 2.75) is 45.3 Å². The van der Waals surface area contributed by atoms with Crippen LogP contribution in [0.1, 0.15) is 38.8 Å². The Morgan fingerprint density at radius 3 is 2.56 bits per heavy atom. The second-order valence-corrected chi connectivity index (χ2v) is 5.23. The molecule has 3 heteroatoms. The van der Waals surface area contributed by atoms with Crippen molar-refractivity contribution in [1.82, 2.24) is 4.90 Å². The zero-order valence-electron chi connectivity index (χ0n) is 11.6. The SMILES string of the molecule is CCOc1ccc(C2C(N)CCN2C(C)C)cc1. The Bertz CT molecular complexity index is 375. The molecule has 0 spiro atoms. The van der Waals surface area contributed by atoms with Gasteiger partial charge in [-0.3, -0.25) is 4.90 Å². The Hall–Kier alpha value is -1.06. The largest absolute Gasteiger partial charge is 0.494 e. The molecule has 1 aromatic rings. The number of benzene rings is 1. The fourth-order valence-corrected chi connectivity index (χ4v) is 2.79. The van der Waals surface area contributed by atoms with Gasteiger partial charge in [0.15, 0.2) is 0 Å². The fraction of sp³-hybridized carbons (Fsp3) is 0.600. The van der Waals surface area contributed by atoms with Gasteiger partial charge in [-0.1, -0.05) is 12.1 Å². The second-order valence-electron chi connectivity index (χ2n) is 5.23. The maximum Gasteiger partial charge on any atom is 0.119 e. The van der Waals surface area contributed by atoms with E-state index in [4.69, 9.17) is 10.5 Å². The van der Waals surface area contributed by atoms with Crippen molar-refractivity contribution >= 4 is 0 Å². The second kappa shape index (κ2) is 5.72. The predicted octanol–water partition coefficient (Wildman–Crippen LogP) is 2.57. The van der Waals surface area contributed by atoms with E-state index in [1.807, 2.05) is 19.1 Å². The highest BCUT2D eigenvalue weighted by atomic mass is 16.5. The van der Waals surface area contributed by atoms with Crippen molar-refractivity contribution < 1.29 is 4.74 Å². The number of rotatable bonds is 4. The first-order valence-electron chi connectivity index (χ1n) is 6.87. The van der Waals surface area contributed by atoms with Crippen LogP contribution in [0.4, 0.5) is 0 Å². The zero-order chi connectivity index (χ0) is 13.1. The van der Waals surface area contributed by atoms with Crippen LogP contribution in [0.2, 0.25) is 0 Å². The molecule has 1 saturated heterocycles. The van der Waals surface area contributed by atoms with Crippen LogP contribution in [0.15, 0.2) is 24.3 Å². The van der Waals surface area contributed by atoms with E-state index >= 15 is 0 Å². The summed E-state index contributed by atoms with van der Waals surface area (Å²) in [6.45, 7) is 8.28. The van der Waals surface area contributed by atoms with Crippen molar-refractivity contribution in [3.8, 4) is 5.75 Å². The average Bonchev–Trinajstić information content (AvgIpc) is 2.73. The molecule has 2 unspecified atom stereocenters. The number of nitrogens with zero attached hydrogens (tertiary/aromatic N) is 1. The highest BCUT2D eigenvalue weighted by Gasteiger charge is 2.34. The molecule has 0 bridgehead atoms. The summed E-state index contributed by atoms with van der Waals surface area (Å²) in [5.74, 6) is 0.934. The number of ether oxygens (including phenoxy) is 1. The molecular weight excluding hydrogens is 224 g/mol. The minimum atomic E-state index is 0.241. The van der Waals surface area contributed by atoms with Gasteiger partial charge in [0, 0.05) is 18.6 Å². The van der Waals surface area contributed by atoms with Crippen LogP contribution in [0, 0.1) is 0 Å². The van der Waals surface area contributed by atoms with Gasteiger partial charge in [-0.2, -0.15) is 0 Å². The highest BCUT2D eigenvalue weighted by Crippen LogP contribution is 2.33. The monoisotopic (exact) mass is 248 g/mol. The molecule has 2 rings (SSSR count). The molecule has 1 aliphatic heterocycles. The van der Waals surface area contributed by atoms with E-state index in [1.54, 1.807) is 0 Å². The van der Waals surface area contributed by atoms with Crippen LogP contribution < -0.4 is 10.5 Å². The van der Waals surface area contributed by atoms with E-state index < -0.39 is 0 Å². The Labute approximate surface area is 110 Å². The number of nitrogens with two attached hydrogens (primary N) is 1. The van der Waals surface area contributed by atoms with E-state index in [0.29, 0.717) is 18.7 Å². The normalized spacial score (nSPS) is 24.7. The molecule has 2 N–H and O–H groups in total. The molecule has 0 aromatic heterocycles. The Morgan fingerprint density at radius 1 is 1.33 bits per heavy atom. The first-order valence-corrected chi connectivity index (χ1v) is 6.87. The van der Waals surface area contributed by atoms with E-state index in [2.05, 4.69) is 30.9 Å². The van der Waals surface area contributed by atoms with E-state index in [9.17, 15) is 0 Å². The molecule has 1 fully saturated rings. The topological polar surface area (TPSA) is 38.5 Å². The number of likely N-dealkylation sites (tertiary alicyclic amines) is 1. The summed E-state index contributed by atoms with van der Waals surface area (Å²) in [7, 11) is 0. The third-order valence-corrected chi connectivity index (χ3v) is 3.68. The average molecular weight is 248 g/mol. The summed E-state index contributed by atoms with van der Waals surface area (Å²) < 4.78 is 5.48. The Kier molecular flexibility index (Phi) is 4.25. The summed E-state index contributed by atoms with van der Waals surface area (Å²) in [6, 6.07) is 9.51. The third kappa shape index (κ3) is 2.68. The molecule has 3 nitrogen and oxygen atoms in total. The maximum atomic E-state index is 6.26. The molecule has 100 valence electrons. The first kappa shape index (κ1) is 13.4.